The molecule has 0 aromatic heterocycles. The van der Waals surface area contributed by atoms with Crippen molar-refractivity contribution in [1.29, 1.82) is 0 Å². The predicted molar refractivity (Wildman–Crippen MR) is 222 cm³/mol. The number of ether oxygens (including phenoxy) is 1. The van der Waals surface area contributed by atoms with E-state index in [1.165, 1.54) is 25.0 Å². The van der Waals surface area contributed by atoms with Crippen molar-refractivity contribution in [2.24, 2.45) is 23.7 Å². The summed E-state index contributed by atoms with van der Waals surface area (Å²) in [7, 11) is 11.7. The van der Waals surface area contributed by atoms with Gasteiger partial charge in [-0.05, 0) is 159 Å². The van der Waals surface area contributed by atoms with E-state index in [1.54, 1.807) is 7.05 Å². The number of likely N-dealkylation sites (tertiary alicyclic amines) is 5. The SMILES string of the molecule is CCN(CC)C(=O)C1CCN(C)CC1.CN1CCC(C(=O)N2CCCC2)CC1.CN1CCC(C(=O)N2CCOCC2)CC1.CON(C)C(=O)C1CCN(C)CC1. The molecule has 6 fully saturated rings. The molecular formula is C42H80N8O6. The molecule has 0 saturated carbocycles. The Labute approximate surface area is 340 Å². The zero-order valence-electron chi connectivity index (χ0n) is 36.7. The van der Waals surface area contributed by atoms with Crippen LogP contribution >= 0.6 is 0 Å². The lowest BCUT2D eigenvalue weighted by molar-refractivity contribution is -0.174. The average molecular weight is 793 g/mol. The van der Waals surface area contributed by atoms with Gasteiger partial charge in [0, 0.05) is 70.0 Å². The number of carbonyl (C=O) groups is 4. The van der Waals surface area contributed by atoms with Crippen molar-refractivity contribution in [3.63, 3.8) is 0 Å². The van der Waals surface area contributed by atoms with Gasteiger partial charge in [-0.15, -0.1) is 0 Å². The van der Waals surface area contributed by atoms with Crippen LogP contribution in [0.25, 0.3) is 0 Å². The van der Waals surface area contributed by atoms with Crippen LogP contribution in [0.15, 0.2) is 0 Å². The maximum atomic E-state index is 12.1. The molecule has 0 bridgehead atoms. The van der Waals surface area contributed by atoms with Gasteiger partial charge in [-0.3, -0.25) is 24.0 Å². The van der Waals surface area contributed by atoms with Crippen molar-refractivity contribution in [3.05, 3.63) is 0 Å². The van der Waals surface area contributed by atoms with Crippen LogP contribution < -0.4 is 0 Å². The van der Waals surface area contributed by atoms with Gasteiger partial charge in [0.2, 0.25) is 23.6 Å². The number of hydrogen-bond donors (Lipinski definition) is 0. The highest BCUT2D eigenvalue weighted by Crippen LogP contribution is 2.22. The maximum absolute atomic E-state index is 12.1. The van der Waals surface area contributed by atoms with Gasteiger partial charge in [-0.25, -0.2) is 5.06 Å². The lowest BCUT2D eigenvalue weighted by atomic mass is 9.95. The van der Waals surface area contributed by atoms with E-state index in [9.17, 15) is 19.2 Å². The number of piperidine rings is 4. The molecule has 0 N–H and O–H groups in total. The number of hydrogen-bond acceptors (Lipinski definition) is 10. The van der Waals surface area contributed by atoms with Crippen LogP contribution in [0.5, 0.6) is 0 Å². The largest absolute Gasteiger partial charge is 0.378 e. The molecule has 0 unspecified atom stereocenters. The first kappa shape index (κ1) is 48.0. The number of amides is 4. The minimum Gasteiger partial charge on any atom is -0.378 e. The molecule has 6 saturated heterocycles. The normalized spacial score (nSPS) is 22.9. The molecule has 56 heavy (non-hydrogen) atoms. The summed E-state index contributed by atoms with van der Waals surface area (Å²) in [6, 6.07) is 0. The van der Waals surface area contributed by atoms with Crippen LogP contribution in [-0.4, -0.2) is 210 Å². The first-order valence-electron chi connectivity index (χ1n) is 21.9. The van der Waals surface area contributed by atoms with E-state index in [-0.39, 0.29) is 23.7 Å². The standard InChI is InChI=1S/C11H20N2O2.C11H20N2O.C11H22N2O.C9H18N2O2/c1-12-4-2-10(3-5-12)11(14)13-6-8-15-9-7-13;1-12-8-4-10(5-9-12)11(14)13-6-2-3-7-13;1-4-13(5-2)11(14)10-6-8-12(3)9-7-10;1-10-6-4-8(5-7-10)9(12)11(2)13-3/h10H,2-9H2,1H3;10H,2-9H2,1H3;10H,4-9H2,1-3H3;8H,4-7H2,1-3H3. The van der Waals surface area contributed by atoms with Crippen LogP contribution in [0.4, 0.5) is 0 Å². The molecule has 0 spiro atoms. The minimum atomic E-state index is 0.107. The molecule has 6 rings (SSSR count). The van der Waals surface area contributed by atoms with Gasteiger partial charge in [0.15, 0.2) is 0 Å². The van der Waals surface area contributed by atoms with Crippen LogP contribution in [0.2, 0.25) is 0 Å². The Morgan fingerprint density at radius 1 is 0.518 bits per heavy atom. The summed E-state index contributed by atoms with van der Waals surface area (Å²) in [6.07, 6.45) is 10.5. The lowest BCUT2D eigenvalue weighted by Gasteiger charge is -2.34. The summed E-state index contributed by atoms with van der Waals surface area (Å²) in [4.78, 5) is 67.7. The van der Waals surface area contributed by atoms with E-state index in [0.29, 0.717) is 36.9 Å². The Hall–Kier alpha value is -2.36. The molecule has 0 radical (unpaired) electrons. The molecule has 0 atom stereocenters. The van der Waals surface area contributed by atoms with Gasteiger partial charge in [0.25, 0.3) is 0 Å². The molecule has 6 heterocycles. The summed E-state index contributed by atoms with van der Waals surface area (Å²) in [5.41, 5.74) is 0. The fraction of sp³-hybridized carbons (Fsp3) is 0.905. The first-order valence-corrected chi connectivity index (χ1v) is 21.9. The number of nitrogens with zero attached hydrogens (tertiary/aromatic N) is 8. The van der Waals surface area contributed by atoms with E-state index < -0.39 is 0 Å². The minimum absolute atomic E-state index is 0.107. The third kappa shape index (κ3) is 16.1. The maximum Gasteiger partial charge on any atom is 0.249 e. The molecule has 6 aliphatic heterocycles. The van der Waals surface area contributed by atoms with E-state index >= 15 is 0 Å². The molecule has 324 valence electrons. The summed E-state index contributed by atoms with van der Waals surface area (Å²) in [6.45, 7) is 19.2. The van der Waals surface area contributed by atoms with E-state index in [0.717, 1.165) is 143 Å². The van der Waals surface area contributed by atoms with Crippen molar-refractivity contribution in [1.82, 2.24) is 39.4 Å². The Bertz CT molecular complexity index is 1100. The van der Waals surface area contributed by atoms with Crippen molar-refractivity contribution >= 4 is 23.6 Å². The quantitative estimate of drug-likeness (QED) is 0.357. The van der Waals surface area contributed by atoms with E-state index in [2.05, 4.69) is 66.5 Å². The predicted octanol–water partition coefficient (Wildman–Crippen LogP) is 2.68. The Morgan fingerprint density at radius 3 is 1.18 bits per heavy atom. The molecule has 14 heteroatoms. The van der Waals surface area contributed by atoms with Crippen LogP contribution in [-0.2, 0) is 28.8 Å². The lowest BCUT2D eigenvalue weighted by Crippen LogP contribution is -2.46. The third-order valence-corrected chi connectivity index (χ3v) is 12.7. The van der Waals surface area contributed by atoms with Gasteiger partial charge >= 0.3 is 0 Å². The van der Waals surface area contributed by atoms with Crippen molar-refractivity contribution < 1.29 is 28.8 Å². The highest BCUT2D eigenvalue weighted by Gasteiger charge is 2.30. The highest BCUT2D eigenvalue weighted by atomic mass is 16.7. The third-order valence-electron chi connectivity index (χ3n) is 12.7. The van der Waals surface area contributed by atoms with E-state index in [1.807, 2.05) is 9.80 Å². The highest BCUT2D eigenvalue weighted by molar-refractivity contribution is 5.80. The number of hydroxylamine groups is 2. The Balaban J connectivity index is 0.000000201. The van der Waals surface area contributed by atoms with E-state index in [4.69, 9.17) is 9.57 Å². The van der Waals surface area contributed by atoms with Crippen LogP contribution in [0.1, 0.15) is 78.1 Å². The second kappa shape index (κ2) is 25.9. The van der Waals surface area contributed by atoms with Crippen LogP contribution in [0, 0.1) is 23.7 Å². The van der Waals surface area contributed by atoms with Gasteiger partial charge in [0.1, 0.15) is 0 Å². The fourth-order valence-corrected chi connectivity index (χ4v) is 8.40. The monoisotopic (exact) mass is 793 g/mol. The second-order valence-electron chi connectivity index (χ2n) is 16.8. The topological polar surface area (TPSA) is 113 Å². The van der Waals surface area contributed by atoms with Gasteiger partial charge in [-0.2, -0.15) is 0 Å². The molecule has 0 aromatic carbocycles. The number of rotatable bonds is 7. The molecule has 4 amide bonds. The molecule has 0 aromatic rings. The van der Waals surface area contributed by atoms with Crippen LogP contribution in [0.3, 0.4) is 0 Å². The van der Waals surface area contributed by atoms with Crippen molar-refractivity contribution in [2.45, 2.75) is 78.1 Å². The van der Waals surface area contributed by atoms with Gasteiger partial charge in [-0.1, -0.05) is 0 Å². The number of morpholine rings is 1. The molecule has 0 aliphatic carbocycles. The summed E-state index contributed by atoms with van der Waals surface area (Å²) < 4.78 is 5.25. The van der Waals surface area contributed by atoms with Crippen molar-refractivity contribution in [2.75, 3.05) is 147 Å². The summed E-state index contributed by atoms with van der Waals surface area (Å²) in [5, 5.41) is 1.33. The fourth-order valence-electron chi connectivity index (χ4n) is 8.40. The average Bonchev–Trinajstić information content (AvgIpc) is 3.78. The first-order chi connectivity index (χ1) is 26.9. The Kier molecular flexibility index (Phi) is 22.2. The van der Waals surface area contributed by atoms with Gasteiger partial charge < -0.3 is 39.0 Å². The molecule has 14 nitrogen and oxygen atoms in total. The second-order valence-corrected chi connectivity index (χ2v) is 16.8. The summed E-state index contributed by atoms with van der Waals surface area (Å²) >= 11 is 0. The molecule has 6 aliphatic rings. The smallest absolute Gasteiger partial charge is 0.249 e. The summed E-state index contributed by atoms with van der Waals surface area (Å²) in [5.74, 6) is 2.27. The van der Waals surface area contributed by atoms with Crippen molar-refractivity contribution in [3.8, 4) is 0 Å². The zero-order valence-corrected chi connectivity index (χ0v) is 36.7. The van der Waals surface area contributed by atoms with Gasteiger partial charge in [0.05, 0.1) is 20.3 Å². The Morgan fingerprint density at radius 2 is 0.839 bits per heavy atom. The zero-order chi connectivity index (χ0) is 41.0. The number of carbonyl (C=O) groups excluding carboxylic acids is 4. The molecular weight excluding hydrogens is 713 g/mol.